The fraction of sp³-hybridized carbons (Fsp3) is 1.00. The van der Waals surface area contributed by atoms with Crippen molar-refractivity contribution in [1.29, 1.82) is 0 Å². The van der Waals surface area contributed by atoms with E-state index in [0.717, 1.165) is 4.13 Å². The number of hydrogen-bond acceptors (Lipinski definition) is 3. The smallest absolute Gasteiger partial charge is 0.475 e. The van der Waals surface area contributed by atoms with Crippen LogP contribution in [-0.2, 0) is 22.7 Å². The van der Waals surface area contributed by atoms with E-state index in [2.05, 4.69) is 0 Å². The van der Waals surface area contributed by atoms with Crippen molar-refractivity contribution in [3.8, 4) is 0 Å². The molecule has 0 radical (unpaired) electrons. The highest BCUT2D eigenvalue weighted by atomic mass is 32.3. The van der Waals surface area contributed by atoms with E-state index in [1.54, 1.807) is 0 Å². The van der Waals surface area contributed by atoms with Gasteiger partial charge in [0.25, 0.3) is 0 Å². The molecular weight excluding hydrogens is 253 g/mol. The SMILES string of the molecule is CC1(F)C(F)(F)[S+]([O-])N[S+]([O-])C1(F)F. The van der Waals surface area contributed by atoms with Gasteiger partial charge in [-0.05, 0) is 6.92 Å². The summed E-state index contributed by atoms with van der Waals surface area (Å²) in [6.07, 6.45) is 0. The monoisotopic (exact) mass is 257 g/mol. The highest BCUT2D eigenvalue weighted by Gasteiger charge is 2.85. The summed E-state index contributed by atoms with van der Waals surface area (Å²) in [6.45, 7) is -0.135. The second-order valence-electron chi connectivity index (χ2n) is 2.66. The average Bonchev–Trinajstić information content (AvgIpc) is 2.01. The predicted octanol–water partition coefficient (Wildman–Crippen LogP) is 0.831. The molecule has 14 heavy (non-hydrogen) atoms. The van der Waals surface area contributed by atoms with Gasteiger partial charge in [0.1, 0.15) is 0 Å². The van der Waals surface area contributed by atoms with Crippen molar-refractivity contribution in [1.82, 2.24) is 4.13 Å². The molecule has 1 heterocycles. The highest BCUT2D eigenvalue weighted by molar-refractivity contribution is 8.06. The fourth-order valence-electron chi connectivity index (χ4n) is 0.691. The lowest BCUT2D eigenvalue weighted by Gasteiger charge is -2.38. The summed E-state index contributed by atoms with van der Waals surface area (Å²) in [5.41, 5.74) is -4.42. The fourth-order valence-corrected chi connectivity index (χ4v) is 3.10. The summed E-state index contributed by atoms with van der Waals surface area (Å²) in [4.78, 5) is 0. The number of hydrogen-bond donors (Lipinski definition) is 1. The molecule has 2 unspecified atom stereocenters. The topological polar surface area (TPSA) is 58.1 Å². The predicted molar refractivity (Wildman–Crippen MR) is 38.8 cm³/mol. The van der Waals surface area contributed by atoms with E-state index in [-0.39, 0.29) is 6.92 Å². The number of halogens is 5. The van der Waals surface area contributed by atoms with Crippen LogP contribution in [0.3, 0.4) is 0 Å². The van der Waals surface area contributed by atoms with Gasteiger partial charge in [-0.25, -0.2) is 4.39 Å². The van der Waals surface area contributed by atoms with E-state index in [1.165, 1.54) is 0 Å². The molecule has 10 heteroatoms. The summed E-state index contributed by atoms with van der Waals surface area (Å²) in [7, 11) is 0. The first-order valence-electron chi connectivity index (χ1n) is 3.09. The number of nitrogens with one attached hydrogen (secondary N) is 1. The Balaban J connectivity index is 3.17. The van der Waals surface area contributed by atoms with E-state index < -0.39 is 38.9 Å². The van der Waals surface area contributed by atoms with Crippen molar-refractivity contribution in [3.05, 3.63) is 0 Å². The first kappa shape index (κ1) is 12.3. The Bertz CT molecular complexity index is 228. The summed E-state index contributed by atoms with van der Waals surface area (Å²) < 4.78 is 85.7. The van der Waals surface area contributed by atoms with Gasteiger partial charge in [-0.15, -0.1) is 17.6 Å². The molecule has 1 rings (SSSR count). The molecule has 1 aliphatic rings. The summed E-state index contributed by atoms with van der Waals surface area (Å²) in [5, 5.41) is -9.60. The minimum Gasteiger partial charge on any atom is -0.590 e. The lowest BCUT2D eigenvalue weighted by Crippen LogP contribution is -2.71. The van der Waals surface area contributed by atoms with E-state index in [9.17, 15) is 31.1 Å². The van der Waals surface area contributed by atoms with Crippen LogP contribution in [0.25, 0.3) is 0 Å². The molecule has 0 bridgehead atoms. The van der Waals surface area contributed by atoms with Crippen molar-refractivity contribution in [3.63, 3.8) is 0 Å². The van der Waals surface area contributed by atoms with Crippen molar-refractivity contribution in [2.24, 2.45) is 0 Å². The summed E-state index contributed by atoms with van der Waals surface area (Å²) in [5.74, 6) is 0. The highest BCUT2D eigenvalue weighted by Crippen LogP contribution is 2.52. The molecule has 0 spiro atoms. The molecule has 0 saturated carbocycles. The summed E-state index contributed by atoms with van der Waals surface area (Å²) >= 11 is -6.87. The van der Waals surface area contributed by atoms with Crippen LogP contribution < -0.4 is 4.13 Å². The van der Waals surface area contributed by atoms with Crippen molar-refractivity contribution in [2.45, 2.75) is 23.1 Å². The largest absolute Gasteiger partial charge is 0.590 e. The van der Waals surface area contributed by atoms with Crippen LogP contribution in [0.2, 0.25) is 0 Å². The first-order valence-corrected chi connectivity index (χ1v) is 5.39. The van der Waals surface area contributed by atoms with Gasteiger partial charge in [0, 0.05) is 4.13 Å². The van der Waals surface area contributed by atoms with E-state index in [4.69, 9.17) is 0 Å². The quantitative estimate of drug-likeness (QED) is 0.516. The van der Waals surface area contributed by atoms with Gasteiger partial charge in [0.2, 0.25) is 0 Å². The molecule has 0 amide bonds. The molecular formula is C4H4F5NO2S2. The van der Waals surface area contributed by atoms with Crippen molar-refractivity contribution < 1.29 is 31.1 Å². The molecule has 0 aromatic carbocycles. The van der Waals surface area contributed by atoms with E-state index in [1.807, 2.05) is 0 Å². The van der Waals surface area contributed by atoms with Gasteiger partial charge >= 0.3 is 16.2 Å². The van der Waals surface area contributed by atoms with Crippen LogP contribution in [0.1, 0.15) is 6.92 Å². The van der Waals surface area contributed by atoms with Gasteiger partial charge in [-0.1, -0.05) is 0 Å². The first-order chi connectivity index (χ1) is 6.05. The van der Waals surface area contributed by atoms with E-state index in [0.29, 0.717) is 0 Å². The molecule has 1 N–H and O–H groups in total. The van der Waals surface area contributed by atoms with Crippen LogP contribution in [0.15, 0.2) is 0 Å². The Hall–Kier alpha value is 0.230. The van der Waals surface area contributed by atoms with Crippen LogP contribution in [0, 0.1) is 0 Å². The molecule has 0 aromatic heterocycles. The molecule has 1 fully saturated rings. The van der Waals surface area contributed by atoms with Gasteiger partial charge in [-0.3, -0.25) is 0 Å². The minimum atomic E-state index is -4.80. The van der Waals surface area contributed by atoms with Crippen molar-refractivity contribution >= 4 is 22.7 Å². The molecule has 0 aromatic rings. The molecule has 0 aliphatic carbocycles. The Morgan fingerprint density at radius 2 is 1.21 bits per heavy atom. The number of rotatable bonds is 0. The molecule has 1 saturated heterocycles. The Labute approximate surface area is 81.7 Å². The molecule has 1 aliphatic heterocycles. The third-order valence-electron chi connectivity index (χ3n) is 1.71. The standard InChI is InChI=1S/C4H4F5NO2S2/c1-2(5)3(6,7)13(11)10-14(12)4(2,8)9/h10H,1H3. The third kappa shape index (κ3) is 1.32. The van der Waals surface area contributed by atoms with Gasteiger partial charge in [0.15, 0.2) is 22.7 Å². The Kier molecular flexibility index (Phi) is 2.73. The zero-order valence-corrected chi connectivity index (χ0v) is 8.16. The van der Waals surface area contributed by atoms with Crippen LogP contribution in [0.5, 0.6) is 0 Å². The van der Waals surface area contributed by atoms with Crippen LogP contribution in [0.4, 0.5) is 22.0 Å². The third-order valence-corrected chi connectivity index (χ3v) is 4.62. The molecule has 2 atom stereocenters. The van der Waals surface area contributed by atoms with Gasteiger partial charge in [-0.2, -0.15) is 0 Å². The lowest BCUT2D eigenvalue weighted by molar-refractivity contribution is -0.165. The van der Waals surface area contributed by atoms with E-state index >= 15 is 0 Å². The summed E-state index contributed by atoms with van der Waals surface area (Å²) in [6, 6.07) is 0. The van der Waals surface area contributed by atoms with Gasteiger partial charge in [0.05, 0.1) is 0 Å². The Morgan fingerprint density at radius 1 is 0.929 bits per heavy atom. The maximum absolute atomic E-state index is 13.0. The van der Waals surface area contributed by atoms with Crippen molar-refractivity contribution in [2.75, 3.05) is 0 Å². The van der Waals surface area contributed by atoms with Crippen LogP contribution in [-0.4, -0.2) is 25.3 Å². The van der Waals surface area contributed by atoms with Crippen LogP contribution >= 0.6 is 0 Å². The second kappa shape index (κ2) is 3.11. The van der Waals surface area contributed by atoms with Gasteiger partial charge < -0.3 is 9.11 Å². The Morgan fingerprint density at radius 3 is 1.50 bits per heavy atom. The maximum Gasteiger partial charge on any atom is 0.475 e. The molecule has 3 nitrogen and oxygen atoms in total. The lowest BCUT2D eigenvalue weighted by atomic mass is 10.1. The number of alkyl halides is 5. The second-order valence-corrected chi connectivity index (χ2v) is 5.42. The normalized spacial score (nSPS) is 46.3. The maximum atomic E-state index is 13.0. The minimum absolute atomic E-state index is 0.135. The zero-order chi connectivity index (χ0) is 11.4. The average molecular weight is 257 g/mol. The molecule has 84 valence electrons. The zero-order valence-electron chi connectivity index (χ0n) is 6.52.